The lowest BCUT2D eigenvalue weighted by atomic mass is 10.1. The maximum Gasteiger partial charge on any atom is 0.328 e. The van der Waals surface area contributed by atoms with E-state index >= 15 is 0 Å². The summed E-state index contributed by atoms with van der Waals surface area (Å²) in [6, 6.07) is 14.8. The van der Waals surface area contributed by atoms with E-state index in [1.54, 1.807) is 24.3 Å². The Hall–Kier alpha value is -2.65. The maximum absolute atomic E-state index is 12.3. The Morgan fingerprint density at radius 1 is 1.21 bits per heavy atom. The van der Waals surface area contributed by atoms with Crippen LogP contribution in [0.2, 0.25) is 0 Å². The number of nitriles is 1. The summed E-state index contributed by atoms with van der Waals surface area (Å²) in [6.45, 7) is 0. The Kier molecular flexibility index (Phi) is 6.10. The molecule has 0 aliphatic carbocycles. The lowest BCUT2D eigenvalue weighted by molar-refractivity contribution is -0.142. The van der Waals surface area contributed by atoms with Gasteiger partial charge in [0.15, 0.2) is 0 Å². The summed E-state index contributed by atoms with van der Waals surface area (Å²) in [5, 5.41) is 11.5. The number of hydrogen-bond donors (Lipinski definition) is 1. The van der Waals surface area contributed by atoms with Gasteiger partial charge in [0.25, 0.3) is 5.91 Å². The fourth-order valence-corrected chi connectivity index (χ4v) is 2.60. The summed E-state index contributed by atoms with van der Waals surface area (Å²) in [7, 11) is 1.28. The fraction of sp³-hybridized carbons (Fsp3) is 0.167. The van der Waals surface area contributed by atoms with E-state index in [0.29, 0.717) is 17.5 Å². The third-order valence-electron chi connectivity index (χ3n) is 3.45. The van der Waals surface area contributed by atoms with Crippen LogP contribution in [0.4, 0.5) is 0 Å². The van der Waals surface area contributed by atoms with Crippen molar-refractivity contribution in [3.63, 3.8) is 0 Å². The molecule has 2 aromatic rings. The van der Waals surface area contributed by atoms with Gasteiger partial charge in [0.05, 0.1) is 18.7 Å². The van der Waals surface area contributed by atoms with Gasteiger partial charge in [-0.3, -0.25) is 4.79 Å². The first-order valence-electron chi connectivity index (χ1n) is 7.17. The van der Waals surface area contributed by atoms with Gasteiger partial charge in [0.2, 0.25) is 0 Å². The highest BCUT2D eigenvalue weighted by atomic mass is 79.9. The van der Waals surface area contributed by atoms with Crippen LogP contribution in [-0.2, 0) is 16.0 Å². The molecule has 1 atom stereocenters. The third-order valence-corrected chi connectivity index (χ3v) is 4.22. The molecule has 2 aromatic carbocycles. The van der Waals surface area contributed by atoms with E-state index in [9.17, 15) is 9.59 Å². The molecule has 0 spiro atoms. The average molecular weight is 387 g/mol. The molecule has 0 bridgehead atoms. The SMILES string of the molecule is COC(=O)[C@@H](Cc1ccccc1Br)NC(=O)c1ccc(C#N)cc1. The zero-order valence-corrected chi connectivity index (χ0v) is 14.5. The fourth-order valence-electron chi connectivity index (χ4n) is 2.16. The van der Waals surface area contributed by atoms with Crippen LogP contribution in [-0.4, -0.2) is 25.0 Å². The van der Waals surface area contributed by atoms with Crippen molar-refractivity contribution < 1.29 is 14.3 Å². The van der Waals surface area contributed by atoms with E-state index in [-0.39, 0.29) is 0 Å². The molecular weight excluding hydrogens is 372 g/mol. The second-order valence-electron chi connectivity index (χ2n) is 5.03. The summed E-state index contributed by atoms with van der Waals surface area (Å²) in [6.07, 6.45) is 0.302. The molecule has 24 heavy (non-hydrogen) atoms. The summed E-state index contributed by atoms with van der Waals surface area (Å²) in [4.78, 5) is 24.3. The molecule has 1 amide bonds. The molecule has 122 valence electrons. The highest BCUT2D eigenvalue weighted by Gasteiger charge is 2.23. The molecule has 0 fully saturated rings. The summed E-state index contributed by atoms with van der Waals surface area (Å²) in [5.41, 5.74) is 1.72. The molecule has 0 saturated carbocycles. The average Bonchev–Trinajstić information content (AvgIpc) is 2.62. The zero-order chi connectivity index (χ0) is 17.5. The highest BCUT2D eigenvalue weighted by molar-refractivity contribution is 9.10. The quantitative estimate of drug-likeness (QED) is 0.801. The number of nitrogens with zero attached hydrogens (tertiary/aromatic N) is 1. The van der Waals surface area contributed by atoms with Crippen molar-refractivity contribution in [1.29, 1.82) is 5.26 Å². The van der Waals surface area contributed by atoms with Gasteiger partial charge in [-0.25, -0.2) is 4.79 Å². The van der Waals surface area contributed by atoms with Crippen molar-refractivity contribution in [3.05, 3.63) is 69.7 Å². The molecule has 0 aromatic heterocycles. The van der Waals surface area contributed by atoms with Gasteiger partial charge in [-0.2, -0.15) is 5.26 Å². The van der Waals surface area contributed by atoms with Crippen LogP contribution in [0.15, 0.2) is 53.0 Å². The third kappa shape index (κ3) is 4.43. The van der Waals surface area contributed by atoms with E-state index in [1.165, 1.54) is 7.11 Å². The minimum absolute atomic E-state index is 0.302. The van der Waals surface area contributed by atoms with Crippen LogP contribution < -0.4 is 5.32 Å². The summed E-state index contributed by atoms with van der Waals surface area (Å²) in [5.74, 6) is -0.922. The van der Waals surface area contributed by atoms with E-state index in [2.05, 4.69) is 21.2 Å². The van der Waals surface area contributed by atoms with E-state index in [1.807, 2.05) is 30.3 Å². The lowest BCUT2D eigenvalue weighted by Crippen LogP contribution is -2.43. The number of esters is 1. The number of carbonyl (C=O) groups is 2. The predicted octanol–water partition coefficient (Wildman–Crippen LogP) is 2.83. The van der Waals surface area contributed by atoms with Crippen LogP contribution in [0, 0.1) is 11.3 Å². The number of ether oxygens (including phenoxy) is 1. The Morgan fingerprint density at radius 2 is 1.88 bits per heavy atom. The van der Waals surface area contributed by atoms with Crippen LogP contribution in [0.5, 0.6) is 0 Å². The maximum atomic E-state index is 12.3. The highest BCUT2D eigenvalue weighted by Crippen LogP contribution is 2.18. The minimum Gasteiger partial charge on any atom is -0.467 e. The van der Waals surface area contributed by atoms with Crippen molar-refractivity contribution in [3.8, 4) is 6.07 Å². The molecule has 0 unspecified atom stereocenters. The number of benzene rings is 2. The Balaban J connectivity index is 2.16. The number of rotatable bonds is 5. The zero-order valence-electron chi connectivity index (χ0n) is 13.0. The minimum atomic E-state index is -0.808. The second-order valence-corrected chi connectivity index (χ2v) is 5.89. The smallest absolute Gasteiger partial charge is 0.328 e. The second kappa shape index (κ2) is 8.27. The molecule has 5 nitrogen and oxygen atoms in total. The van der Waals surface area contributed by atoms with Crippen molar-refractivity contribution in [1.82, 2.24) is 5.32 Å². The Morgan fingerprint density at radius 3 is 2.46 bits per heavy atom. The van der Waals surface area contributed by atoms with Gasteiger partial charge in [-0.05, 0) is 35.9 Å². The van der Waals surface area contributed by atoms with Crippen molar-refractivity contribution in [2.75, 3.05) is 7.11 Å². The van der Waals surface area contributed by atoms with E-state index < -0.39 is 17.9 Å². The van der Waals surface area contributed by atoms with Gasteiger partial charge in [0, 0.05) is 16.5 Å². The van der Waals surface area contributed by atoms with Crippen LogP contribution in [0.25, 0.3) is 0 Å². The molecule has 6 heteroatoms. The van der Waals surface area contributed by atoms with Crippen LogP contribution in [0.1, 0.15) is 21.5 Å². The van der Waals surface area contributed by atoms with Crippen molar-refractivity contribution in [2.24, 2.45) is 0 Å². The number of hydrogen-bond acceptors (Lipinski definition) is 4. The standard InChI is InChI=1S/C18H15BrN2O3/c1-24-18(23)16(10-14-4-2-3-5-15(14)19)21-17(22)13-8-6-12(11-20)7-9-13/h2-9,16H,10H2,1H3,(H,21,22)/t16-/m1/s1. The van der Waals surface area contributed by atoms with Gasteiger partial charge < -0.3 is 10.1 Å². The number of methoxy groups -OCH3 is 1. The number of carbonyl (C=O) groups excluding carboxylic acids is 2. The van der Waals surface area contributed by atoms with E-state index in [4.69, 9.17) is 10.00 Å². The predicted molar refractivity (Wildman–Crippen MR) is 92.3 cm³/mol. The van der Waals surface area contributed by atoms with E-state index in [0.717, 1.165) is 10.0 Å². The van der Waals surface area contributed by atoms with Crippen LogP contribution in [0.3, 0.4) is 0 Å². The molecule has 2 rings (SSSR count). The molecule has 0 aliphatic heterocycles. The Labute approximate surface area is 148 Å². The molecule has 1 N–H and O–H groups in total. The number of amides is 1. The number of halogens is 1. The van der Waals surface area contributed by atoms with Gasteiger partial charge in [-0.15, -0.1) is 0 Å². The molecule has 0 saturated heterocycles. The molecule has 0 aliphatic rings. The molecular formula is C18H15BrN2O3. The van der Waals surface area contributed by atoms with Crippen LogP contribution >= 0.6 is 15.9 Å². The normalized spacial score (nSPS) is 11.2. The topological polar surface area (TPSA) is 79.2 Å². The first kappa shape index (κ1) is 17.7. The summed E-state index contributed by atoms with van der Waals surface area (Å²) >= 11 is 3.43. The first-order valence-corrected chi connectivity index (χ1v) is 7.96. The molecule has 0 radical (unpaired) electrons. The van der Waals surface area contributed by atoms with Gasteiger partial charge >= 0.3 is 5.97 Å². The van der Waals surface area contributed by atoms with Gasteiger partial charge in [0.1, 0.15) is 6.04 Å². The first-order chi connectivity index (χ1) is 11.5. The van der Waals surface area contributed by atoms with Crippen molar-refractivity contribution >= 4 is 27.8 Å². The molecule has 0 heterocycles. The lowest BCUT2D eigenvalue weighted by Gasteiger charge is -2.17. The monoisotopic (exact) mass is 386 g/mol. The van der Waals surface area contributed by atoms with Crippen molar-refractivity contribution in [2.45, 2.75) is 12.5 Å². The Bertz CT molecular complexity index is 782. The largest absolute Gasteiger partial charge is 0.467 e. The number of nitrogens with one attached hydrogen (secondary N) is 1. The summed E-state index contributed by atoms with van der Waals surface area (Å²) < 4.78 is 5.64. The van der Waals surface area contributed by atoms with Gasteiger partial charge in [-0.1, -0.05) is 34.1 Å².